The van der Waals surface area contributed by atoms with Crippen LogP contribution < -0.4 is 0 Å². The summed E-state index contributed by atoms with van der Waals surface area (Å²) in [6, 6.07) is 11.8. The van der Waals surface area contributed by atoms with E-state index in [-0.39, 0.29) is 0 Å². The molecule has 1 N–H and O–H groups in total. The molecule has 2 bridgehead atoms. The van der Waals surface area contributed by atoms with Gasteiger partial charge in [-0.1, -0.05) is 30.3 Å². The highest BCUT2D eigenvalue weighted by Crippen LogP contribution is 2.42. The van der Waals surface area contributed by atoms with Crippen molar-refractivity contribution in [2.45, 2.75) is 37.9 Å². The third-order valence-electron chi connectivity index (χ3n) is 4.28. The van der Waals surface area contributed by atoms with Crippen molar-refractivity contribution in [3.8, 4) is 0 Å². The van der Waals surface area contributed by atoms with E-state index in [9.17, 15) is 5.11 Å². The van der Waals surface area contributed by atoms with Gasteiger partial charge in [-0.2, -0.15) is 0 Å². The van der Waals surface area contributed by atoms with Gasteiger partial charge in [0, 0.05) is 18.6 Å². The highest BCUT2D eigenvalue weighted by Gasteiger charge is 2.44. The number of aliphatic hydroxyl groups excluding tert-OH is 1. The Kier molecular flexibility index (Phi) is 2.70. The van der Waals surface area contributed by atoms with E-state index in [1.165, 1.54) is 24.8 Å². The van der Waals surface area contributed by atoms with Gasteiger partial charge in [0.1, 0.15) is 0 Å². The maximum Gasteiger partial charge on any atom is 0.0589 e. The summed E-state index contributed by atoms with van der Waals surface area (Å²) in [6.45, 7) is 1.33. The van der Waals surface area contributed by atoms with Crippen LogP contribution in [0.1, 0.15) is 24.8 Å². The number of benzene rings is 1. The van der Waals surface area contributed by atoms with Crippen molar-refractivity contribution in [1.29, 1.82) is 0 Å². The highest BCUT2D eigenvalue weighted by atomic mass is 16.3. The number of nitrogens with zero attached hydrogens (tertiary/aromatic N) is 1. The minimum atomic E-state index is 0.327. The van der Waals surface area contributed by atoms with Crippen molar-refractivity contribution in [1.82, 2.24) is 4.90 Å². The van der Waals surface area contributed by atoms with Crippen LogP contribution in [0.2, 0.25) is 0 Å². The van der Waals surface area contributed by atoms with Gasteiger partial charge in [-0.05, 0) is 30.7 Å². The van der Waals surface area contributed by atoms with Crippen LogP contribution in [0.4, 0.5) is 0 Å². The lowest BCUT2D eigenvalue weighted by Gasteiger charge is -2.34. The minimum absolute atomic E-state index is 0.327. The predicted octanol–water partition coefficient (Wildman–Crippen LogP) is 2.03. The topological polar surface area (TPSA) is 23.5 Å². The van der Waals surface area contributed by atoms with E-state index in [1.807, 2.05) is 0 Å². The molecule has 2 fully saturated rings. The Morgan fingerprint density at radius 3 is 2.75 bits per heavy atom. The third kappa shape index (κ3) is 1.66. The van der Waals surface area contributed by atoms with Crippen LogP contribution >= 0.6 is 0 Å². The van der Waals surface area contributed by atoms with Crippen LogP contribution in [0.15, 0.2) is 30.3 Å². The predicted molar refractivity (Wildman–Crippen MR) is 64.0 cm³/mol. The molecule has 1 heterocycles. The summed E-state index contributed by atoms with van der Waals surface area (Å²) >= 11 is 0. The molecule has 1 aliphatic heterocycles. The molecule has 2 nitrogen and oxygen atoms in total. The summed E-state index contributed by atoms with van der Waals surface area (Å²) in [5.74, 6) is 0.749. The molecule has 86 valence electrons. The second kappa shape index (κ2) is 4.19. The van der Waals surface area contributed by atoms with Crippen LogP contribution in [0.25, 0.3) is 0 Å². The number of rotatable bonds is 3. The monoisotopic (exact) mass is 217 g/mol. The van der Waals surface area contributed by atoms with Gasteiger partial charge in [0.05, 0.1) is 6.61 Å². The average molecular weight is 217 g/mol. The molecule has 1 saturated heterocycles. The fourth-order valence-corrected chi connectivity index (χ4v) is 3.48. The van der Waals surface area contributed by atoms with Crippen molar-refractivity contribution in [2.75, 3.05) is 6.61 Å². The zero-order valence-corrected chi connectivity index (χ0v) is 9.55. The van der Waals surface area contributed by atoms with E-state index >= 15 is 0 Å². The number of fused-ring (bicyclic) bond motifs is 2. The van der Waals surface area contributed by atoms with Crippen molar-refractivity contribution in [2.24, 2.45) is 5.92 Å². The molecule has 1 aromatic rings. The summed E-state index contributed by atoms with van der Waals surface area (Å²) < 4.78 is 0. The average Bonchev–Trinajstić information content (AvgIpc) is 2.91. The Hall–Kier alpha value is -0.860. The lowest BCUT2D eigenvalue weighted by atomic mass is 9.99. The van der Waals surface area contributed by atoms with E-state index in [0.29, 0.717) is 12.6 Å². The lowest BCUT2D eigenvalue weighted by Crippen LogP contribution is -2.42. The first-order valence-corrected chi connectivity index (χ1v) is 6.29. The maximum absolute atomic E-state index is 9.49. The normalized spacial score (nSPS) is 33.4. The first kappa shape index (κ1) is 10.3. The highest BCUT2D eigenvalue weighted by molar-refractivity contribution is 5.16. The summed E-state index contributed by atoms with van der Waals surface area (Å²) in [5, 5.41) is 9.49. The first-order chi connectivity index (χ1) is 7.88. The van der Waals surface area contributed by atoms with E-state index in [4.69, 9.17) is 0 Å². The Bertz CT molecular complexity index is 351. The van der Waals surface area contributed by atoms with Crippen LogP contribution in [0.5, 0.6) is 0 Å². The largest absolute Gasteiger partial charge is 0.395 e. The fourth-order valence-electron chi connectivity index (χ4n) is 3.48. The number of likely N-dealkylation sites (tertiary alicyclic amines) is 1. The second-order valence-corrected chi connectivity index (χ2v) is 5.13. The first-order valence-electron chi connectivity index (χ1n) is 6.29. The van der Waals surface area contributed by atoms with Gasteiger partial charge in [-0.3, -0.25) is 4.90 Å². The molecule has 1 aliphatic carbocycles. The molecule has 3 unspecified atom stereocenters. The number of hydrogen-bond acceptors (Lipinski definition) is 2. The smallest absolute Gasteiger partial charge is 0.0589 e. The zero-order valence-electron chi connectivity index (χ0n) is 9.55. The molecule has 1 saturated carbocycles. The Morgan fingerprint density at radius 2 is 2.00 bits per heavy atom. The SMILES string of the molecule is OCC1C2CCC(C2)N1Cc1ccccc1. The molecule has 1 aromatic carbocycles. The summed E-state index contributed by atoms with van der Waals surface area (Å²) in [5.41, 5.74) is 1.37. The summed E-state index contributed by atoms with van der Waals surface area (Å²) in [4.78, 5) is 2.52. The Balaban J connectivity index is 1.75. The molecule has 0 spiro atoms. The van der Waals surface area contributed by atoms with Crippen LogP contribution in [-0.2, 0) is 6.54 Å². The molecule has 0 amide bonds. The molecule has 0 aromatic heterocycles. The molecular formula is C14H19NO. The van der Waals surface area contributed by atoms with Crippen molar-refractivity contribution in [3.05, 3.63) is 35.9 Å². The standard InChI is InChI=1S/C14H19NO/c16-10-14-12-6-7-13(8-12)15(14)9-11-4-2-1-3-5-11/h1-5,12-14,16H,6-10H2. The van der Waals surface area contributed by atoms with Gasteiger partial charge < -0.3 is 5.11 Å². The van der Waals surface area contributed by atoms with Gasteiger partial charge in [-0.15, -0.1) is 0 Å². The number of hydrogen-bond donors (Lipinski definition) is 1. The fraction of sp³-hybridized carbons (Fsp3) is 0.571. The molecule has 2 heteroatoms. The number of aliphatic hydroxyl groups is 1. The van der Waals surface area contributed by atoms with Crippen LogP contribution in [0.3, 0.4) is 0 Å². The Labute approximate surface area is 96.9 Å². The van der Waals surface area contributed by atoms with Gasteiger partial charge in [0.25, 0.3) is 0 Å². The van der Waals surface area contributed by atoms with Crippen LogP contribution in [0, 0.1) is 5.92 Å². The van der Waals surface area contributed by atoms with E-state index in [2.05, 4.69) is 35.2 Å². The molecule has 0 radical (unpaired) electrons. The molecule has 2 aliphatic rings. The quantitative estimate of drug-likeness (QED) is 0.837. The Morgan fingerprint density at radius 1 is 1.19 bits per heavy atom. The summed E-state index contributed by atoms with van der Waals surface area (Å²) in [6.07, 6.45) is 3.95. The lowest BCUT2D eigenvalue weighted by molar-refractivity contribution is 0.0779. The maximum atomic E-state index is 9.49. The summed E-state index contributed by atoms with van der Waals surface area (Å²) in [7, 11) is 0. The van der Waals surface area contributed by atoms with Crippen molar-refractivity contribution in [3.63, 3.8) is 0 Å². The zero-order chi connectivity index (χ0) is 11.0. The van der Waals surface area contributed by atoms with Gasteiger partial charge in [-0.25, -0.2) is 0 Å². The van der Waals surface area contributed by atoms with E-state index in [1.54, 1.807) is 0 Å². The van der Waals surface area contributed by atoms with Crippen LogP contribution in [-0.4, -0.2) is 28.7 Å². The van der Waals surface area contributed by atoms with E-state index < -0.39 is 0 Å². The van der Waals surface area contributed by atoms with Gasteiger partial charge in [0.15, 0.2) is 0 Å². The molecule has 3 rings (SSSR count). The van der Waals surface area contributed by atoms with Gasteiger partial charge >= 0.3 is 0 Å². The molecule has 16 heavy (non-hydrogen) atoms. The van der Waals surface area contributed by atoms with E-state index in [0.717, 1.165) is 18.5 Å². The third-order valence-corrected chi connectivity index (χ3v) is 4.28. The second-order valence-electron chi connectivity index (χ2n) is 5.13. The van der Waals surface area contributed by atoms with Crippen molar-refractivity contribution >= 4 is 0 Å². The molecule has 3 atom stereocenters. The van der Waals surface area contributed by atoms with Crippen molar-refractivity contribution < 1.29 is 5.11 Å². The minimum Gasteiger partial charge on any atom is -0.395 e. The number of piperidine rings is 1. The molecular weight excluding hydrogens is 198 g/mol. The van der Waals surface area contributed by atoms with Gasteiger partial charge in [0.2, 0.25) is 0 Å².